The van der Waals surface area contributed by atoms with Crippen molar-refractivity contribution in [3.63, 3.8) is 0 Å². The van der Waals surface area contributed by atoms with Gasteiger partial charge in [0.25, 0.3) is 0 Å². The summed E-state index contributed by atoms with van der Waals surface area (Å²) in [4.78, 5) is 1.99. The van der Waals surface area contributed by atoms with Gasteiger partial charge < -0.3 is 14.9 Å². The largest absolute Gasteiger partial charge is 0.508 e. The summed E-state index contributed by atoms with van der Waals surface area (Å²) in [5.74, 6) is 0.127. The molecule has 1 atom stereocenters. The van der Waals surface area contributed by atoms with Crippen molar-refractivity contribution in [1.82, 2.24) is 0 Å². The van der Waals surface area contributed by atoms with E-state index in [1.807, 2.05) is 44.2 Å². The van der Waals surface area contributed by atoms with Crippen LogP contribution >= 0.6 is 11.8 Å². The van der Waals surface area contributed by atoms with Gasteiger partial charge in [-0.3, -0.25) is 0 Å². The van der Waals surface area contributed by atoms with E-state index in [0.717, 1.165) is 4.90 Å². The Bertz CT molecular complexity index is 1050. The number of phenolic OH excluding ortho intramolecular Hbond substituents is 2. The van der Waals surface area contributed by atoms with Crippen molar-refractivity contribution in [3.05, 3.63) is 84.9 Å². The van der Waals surface area contributed by atoms with Crippen LogP contribution in [-0.2, 0) is 11.0 Å². The summed E-state index contributed by atoms with van der Waals surface area (Å²) in [6.07, 6.45) is 3.12. The molecule has 30 heavy (non-hydrogen) atoms. The van der Waals surface area contributed by atoms with E-state index in [1.54, 1.807) is 30.4 Å². The molecule has 3 aromatic rings. The molecule has 4 nitrogen and oxygen atoms in total. The normalized spacial score (nSPS) is 11.0. The number of anilines is 1. The molecule has 156 valence electrons. The van der Waals surface area contributed by atoms with Crippen LogP contribution in [0.4, 0.5) is 5.69 Å². The summed E-state index contributed by atoms with van der Waals surface area (Å²) in [6.45, 7) is 11.6. The van der Waals surface area contributed by atoms with Crippen LogP contribution in [0.3, 0.4) is 0 Å². The van der Waals surface area contributed by atoms with E-state index >= 15 is 0 Å². The minimum absolute atomic E-state index is 0.0365. The first-order chi connectivity index (χ1) is 14.5. The second-order valence-electron chi connectivity index (χ2n) is 5.79. The van der Waals surface area contributed by atoms with Crippen LogP contribution in [-0.4, -0.2) is 14.4 Å². The van der Waals surface area contributed by atoms with Gasteiger partial charge in [-0.25, -0.2) is 4.21 Å². The summed E-state index contributed by atoms with van der Waals surface area (Å²) in [5.41, 5.74) is 1.65. The minimum atomic E-state index is -1.61. The van der Waals surface area contributed by atoms with Crippen LogP contribution in [0.15, 0.2) is 88.5 Å². The van der Waals surface area contributed by atoms with Crippen molar-refractivity contribution in [2.75, 3.05) is 4.72 Å². The molecule has 0 saturated heterocycles. The van der Waals surface area contributed by atoms with Crippen LogP contribution in [0.5, 0.6) is 11.5 Å². The maximum atomic E-state index is 12.7. The summed E-state index contributed by atoms with van der Waals surface area (Å²) in [6, 6.07) is 17.6. The van der Waals surface area contributed by atoms with Crippen molar-refractivity contribution in [2.24, 2.45) is 0 Å². The first-order valence-electron chi connectivity index (χ1n) is 9.38. The first kappa shape index (κ1) is 23.3. The maximum Gasteiger partial charge on any atom is 0.150 e. The second-order valence-corrected chi connectivity index (χ2v) is 8.12. The van der Waals surface area contributed by atoms with Crippen molar-refractivity contribution in [2.45, 2.75) is 28.5 Å². The molecule has 6 heteroatoms. The van der Waals surface area contributed by atoms with Gasteiger partial charge in [-0.05, 0) is 36.4 Å². The van der Waals surface area contributed by atoms with E-state index in [2.05, 4.69) is 17.9 Å². The molecule has 0 heterocycles. The Morgan fingerprint density at radius 1 is 0.933 bits per heavy atom. The number of nitrogens with one attached hydrogen (secondary N) is 1. The van der Waals surface area contributed by atoms with Gasteiger partial charge in [0.05, 0.1) is 15.5 Å². The third kappa shape index (κ3) is 5.55. The molecule has 0 aliphatic heterocycles. The zero-order valence-electron chi connectivity index (χ0n) is 17.0. The average molecular weight is 440 g/mol. The van der Waals surface area contributed by atoms with Crippen molar-refractivity contribution >= 4 is 40.6 Å². The summed E-state index contributed by atoms with van der Waals surface area (Å²) < 4.78 is 15.7. The molecular weight excluding hydrogens is 414 g/mol. The Morgan fingerprint density at radius 2 is 1.60 bits per heavy atom. The molecule has 3 rings (SSSR count). The van der Waals surface area contributed by atoms with Gasteiger partial charge in [-0.2, -0.15) is 0 Å². The predicted molar refractivity (Wildman–Crippen MR) is 128 cm³/mol. The number of aromatic hydroxyl groups is 2. The maximum absolute atomic E-state index is 12.7. The first-order valence-corrected chi connectivity index (χ1v) is 11.3. The van der Waals surface area contributed by atoms with Crippen LogP contribution < -0.4 is 4.72 Å². The van der Waals surface area contributed by atoms with Crippen LogP contribution in [0.2, 0.25) is 0 Å². The van der Waals surface area contributed by atoms with Gasteiger partial charge in [0.1, 0.15) is 22.5 Å². The van der Waals surface area contributed by atoms with Gasteiger partial charge in [-0.1, -0.05) is 75.2 Å². The lowest BCUT2D eigenvalue weighted by Gasteiger charge is -2.16. The van der Waals surface area contributed by atoms with Crippen molar-refractivity contribution in [1.29, 1.82) is 0 Å². The highest BCUT2D eigenvalue weighted by Gasteiger charge is 2.17. The number of benzene rings is 3. The quantitative estimate of drug-likeness (QED) is 0.358. The Hall–Kier alpha value is -2.96. The molecular formula is C24H25NO3S2. The Labute approximate surface area is 184 Å². The average Bonchev–Trinajstić information content (AvgIpc) is 2.77. The van der Waals surface area contributed by atoms with Gasteiger partial charge >= 0.3 is 0 Å². The number of rotatable bonds is 7. The van der Waals surface area contributed by atoms with Gasteiger partial charge in [-0.15, -0.1) is 0 Å². The van der Waals surface area contributed by atoms with Crippen LogP contribution in [0.1, 0.15) is 25.0 Å². The lowest BCUT2D eigenvalue weighted by molar-refractivity contribution is 0.461. The van der Waals surface area contributed by atoms with E-state index in [4.69, 9.17) is 0 Å². The molecule has 0 spiro atoms. The minimum Gasteiger partial charge on any atom is -0.508 e. The summed E-state index contributed by atoms with van der Waals surface area (Å²) >= 11 is 1.39. The molecule has 3 N–H and O–H groups in total. The monoisotopic (exact) mass is 439 g/mol. The molecule has 0 saturated carbocycles. The highest BCUT2D eigenvalue weighted by atomic mass is 32.2. The molecule has 0 aliphatic rings. The fourth-order valence-electron chi connectivity index (χ4n) is 2.64. The summed E-state index contributed by atoms with van der Waals surface area (Å²) in [5, 5.41) is 20.3. The Morgan fingerprint density at radius 3 is 2.20 bits per heavy atom. The fraction of sp³-hybridized carbons (Fsp3) is 0.0833. The molecule has 0 radical (unpaired) electrons. The van der Waals surface area contributed by atoms with E-state index in [1.165, 1.54) is 23.9 Å². The van der Waals surface area contributed by atoms with Crippen molar-refractivity contribution in [3.8, 4) is 11.5 Å². The molecule has 3 aromatic carbocycles. The Balaban J connectivity index is 0.00000155. The van der Waals surface area contributed by atoms with E-state index in [-0.39, 0.29) is 11.5 Å². The highest BCUT2D eigenvalue weighted by Crippen LogP contribution is 2.42. The molecule has 0 amide bonds. The highest BCUT2D eigenvalue weighted by molar-refractivity contribution is 7.99. The topological polar surface area (TPSA) is 69.6 Å². The number of phenols is 2. The third-order valence-electron chi connectivity index (χ3n) is 3.96. The SMILES string of the molecule is C=Cc1c(NS(=O)c2cccc(O)c2)cc(Sc2ccccc2)c(O)c1C=C.CC. The van der Waals surface area contributed by atoms with E-state index in [0.29, 0.717) is 26.6 Å². The van der Waals surface area contributed by atoms with Crippen molar-refractivity contribution < 1.29 is 14.4 Å². The predicted octanol–water partition coefficient (Wildman–Crippen LogP) is 6.70. The van der Waals surface area contributed by atoms with Crippen LogP contribution in [0, 0.1) is 0 Å². The van der Waals surface area contributed by atoms with Crippen LogP contribution in [0.25, 0.3) is 12.2 Å². The summed E-state index contributed by atoms with van der Waals surface area (Å²) in [7, 11) is -1.61. The molecule has 0 bridgehead atoms. The molecule has 0 aromatic heterocycles. The number of hydrogen-bond acceptors (Lipinski definition) is 4. The van der Waals surface area contributed by atoms with Gasteiger partial charge in [0.2, 0.25) is 0 Å². The van der Waals surface area contributed by atoms with E-state index in [9.17, 15) is 14.4 Å². The zero-order valence-corrected chi connectivity index (χ0v) is 18.6. The molecule has 0 fully saturated rings. The van der Waals surface area contributed by atoms with Gasteiger partial charge in [0, 0.05) is 16.0 Å². The third-order valence-corrected chi connectivity index (χ3v) is 6.08. The van der Waals surface area contributed by atoms with E-state index < -0.39 is 11.0 Å². The molecule has 0 aliphatic carbocycles. The lowest BCUT2D eigenvalue weighted by Crippen LogP contribution is -2.07. The van der Waals surface area contributed by atoms with Gasteiger partial charge in [0.15, 0.2) is 0 Å². The Kier molecular flexibility index (Phi) is 8.77. The lowest BCUT2D eigenvalue weighted by atomic mass is 10.0. The standard InChI is InChI=1S/C22H19NO3S2.C2H6/c1-3-18-19(4-2)22(25)21(27-16-10-6-5-7-11-16)14-20(18)23-28(26)17-12-8-9-15(24)13-17;1-2/h3-14,23-25H,1-2H2;1-2H3. The second kappa shape index (κ2) is 11.3. The smallest absolute Gasteiger partial charge is 0.150 e. The fourth-order valence-corrected chi connectivity index (χ4v) is 4.49. The zero-order chi connectivity index (χ0) is 22.1. The molecule has 1 unspecified atom stereocenters. The number of hydrogen-bond donors (Lipinski definition) is 3.